The zero-order valence-corrected chi connectivity index (χ0v) is 14.4. The Labute approximate surface area is 133 Å². The van der Waals surface area contributed by atoms with E-state index in [4.69, 9.17) is 16.3 Å². The second-order valence-electron chi connectivity index (χ2n) is 5.48. The molecule has 5 nitrogen and oxygen atoms in total. The van der Waals surface area contributed by atoms with Crippen molar-refractivity contribution in [2.24, 2.45) is 0 Å². The molecule has 21 heavy (non-hydrogen) atoms. The fourth-order valence-corrected chi connectivity index (χ4v) is 2.44. The zero-order valence-electron chi connectivity index (χ0n) is 13.7. The smallest absolute Gasteiger partial charge is 0.158 e. The average Bonchev–Trinajstić information content (AvgIpc) is 2.40. The minimum atomic E-state index is 0.385. The van der Waals surface area contributed by atoms with E-state index in [9.17, 15) is 0 Å². The van der Waals surface area contributed by atoms with Gasteiger partial charge in [0, 0.05) is 37.8 Å². The van der Waals surface area contributed by atoms with Crippen LogP contribution in [0.4, 0.5) is 5.82 Å². The predicted molar refractivity (Wildman–Crippen MR) is 87.8 cm³/mol. The van der Waals surface area contributed by atoms with Crippen LogP contribution in [0.15, 0.2) is 6.07 Å². The summed E-state index contributed by atoms with van der Waals surface area (Å²) in [6.45, 7) is 13.6. The van der Waals surface area contributed by atoms with Gasteiger partial charge in [0.1, 0.15) is 17.6 Å². The summed E-state index contributed by atoms with van der Waals surface area (Å²) < 4.78 is 5.32. The van der Waals surface area contributed by atoms with Crippen molar-refractivity contribution in [3.05, 3.63) is 17.0 Å². The number of nitrogens with zero attached hydrogens (tertiary/aromatic N) is 3. The van der Waals surface area contributed by atoms with Gasteiger partial charge in [0.15, 0.2) is 5.82 Å². The number of anilines is 1. The van der Waals surface area contributed by atoms with Gasteiger partial charge in [-0.15, -0.1) is 0 Å². The molecular weight excluding hydrogens is 288 g/mol. The lowest BCUT2D eigenvalue weighted by atomic mass is 10.2. The monoisotopic (exact) mass is 314 g/mol. The molecule has 0 spiro atoms. The highest BCUT2D eigenvalue weighted by molar-refractivity contribution is 6.29. The first-order valence-corrected chi connectivity index (χ1v) is 7.92. The molecule has 0 saturated carbocycles. The average molecular weight is 315 g/mol. The van der Waals surface area contributed by atoms with Gasteiger partial charge in [-0.2, -0.15) is 0 Å². The van der Waals surface area contributed by atoms with E-state index in [0.717, 1.165) is 18.9 Å². The number of nitrogens with one attached hydrogen (secondary N) is 1. The maximum Gasteiger partial charge on any atom is 0.158 e. The quantitative estimate of drug-likeness (QED) is 0.709. The third kappa shape index (κ3) is 6.59. The highest BCUT2D eigenvalue weighted by Gasteiger charge is 2.12. The predicted octanol–water partition coefficient (Wildman–Crippen LogP) is 3.20. The summed E-state index contributed by atoms with van der Waals surface area (Å²) in [5.74, 6) is 1.36. The molecular formula is C15H27ClN4O. The number of ether oxygens (including phenoxy) is 1. The zero-order chi connectivity index (χ0) is 15.8. The Morgan fingerprint density at radius 2 is 1.90 bits per heavy atom. The Hall–Kier alpha value is -0.910. The van der Waals surface area contributed by atoms with Gasteiger partial charge in [0.05, 0.1) is 0 Å². The fraction of sp³-hybridized carbons (Fsp3) is 0.733. The highest BCUT2D eigenvalue weighted by Crippen LogP contribution is 2.12. The Kier molecular flexibility index (Phi) is 7.93. The molecule has 120 valence electrons. The van der Waals surface area contributed by atoms with Gasteiger partial charge in [-0.3, -0.25) is 4.90 Å². The Morgan fingerprint density at radius 1 is 1.24 bits per heavy atom. The number of rotatable bonds is 9. The number of halogens is 1. The molecule has 0 fully saturated rings. The Bertz CT molecular complexity index is 418. The fourth-order valence-electron chi connectivity index (χ4n) is 2.24. The van der Waals surface area contributed by atoms with E-state index in [0.29, 0.717) is 36.3 Å². The molecule has 1 N–H and O–H groups in total. The molecule has 0 aromatic carbocycles. The van der Waals surface area contributed by atoms with Crippen molar-refractivity contribution in [1.29, 1.82) is 0 Å². The summed E-state index contributed by atoms with van der Waals surface area (Å²) in [7, 11) is 0. The van der Waals surface area contributed by atoms with Crippen molar-refractivity contribution in [2.75, 3.05) is 25.0 Å². The maximum atomic E-state index is 6.01. The van der Waals surface area contributed by atoms with Crippen molar-refractivity contribution < 1.29 is 4.74 Å². The summed E-state index contributed by atoms with van der Waals surface area (Å²) in [6.07, 6.45) is 0. The molecule has 1 aromatic rings. The SMILES string of the molecule is CCOCc1nc(Cl)cc(NCCN(C(C)C)C(C)C)n1. The topological polar surface area (TPSA) is 50.3 Å². The van der Waals surface area contributed by atoms with E-state index >= 15 is 0 Å². The van der Waals surface area contributed by atoms with E-state index in [-0.39, 0.29) is 0 Å². The number of hydrogen-bond acceptors (Lipinski definition) is 5. The van der Waals surface area contributed by atoms with Crippen LogP contribution in [0.5, 0.6) is 0 Å². The molecule has 0 aliphatic heterocycles. The standard InChI is InChI=1S/C15H27ClN4O/c1-6-21-10-15-18-13(16)9-14(19-15)17-7-8-20(11(2)3)12(4)5/h9,11-12H,6-8,10H2,1-5H3,(H,17,18,19). The first-order chi connectivity index (χ1) is 9.93. The van der Waals surface area contributed by atoms with Crippen LogP contribution >= 0.6 is 11.6 Å². The molecule has 0 aliphatic carbocycles. The largest absolute Gasteiger partial charge is 0.374 e. The second-order valence-corrected chi connectivity index (χ2v) is 5.87. The van der Waals surface area contributed by atoms with E-state index in [1.807, 2.05) is 6.92 Å². The lowest BCUT2D eigenvalue weighted by Gasteiger charge is -2.30. The maximum absolute atomic E-state index is 6.01. The molecule has 1 rings (SSSR count). The molecule has 1 heterocycles. The summed E-state index contributed by atoms with van der Waals surface area (Å²) in [4.78, 5) is 11.0. The van der Waals surface area contributed by atoms with Crippen molar-refractivity contribution in [3.8, 4) is 0 Å². The Balaban J connectivity index is 2.56. The van der Waals surface area contributed by atoms with Crippen LogP contribution in [0.3, 0.4) is 0 Å². The summed E-state index contributed by atoms with van der Waals surface area (Å²) in [5, 5.41) is 3.75. The van der Waals surface area contributed by atoms with Gasteiger partial charge in [0.2, 0.25) is 0 Å². The molecule has 0 atom stereocenters. The number of hydrogen-bond donors (Lipinski definition) is 1. The molecule has 0 amide bonds. The molecule has 0 bridgehead atoms. The van der Waals surface area contributed by atoms with Gasteiger partial charge < -0.3 is 10.1 Å². The molecule has 0 saturated heterocycles. The van der Waals surface area contributed by atoms with Crippen LogP contribution in [0.2, 0.25) is 5.15 Å². The van der Waals surface area contributed by atoms with Gasteiger partial charge >= 0.3 is 0 Å². The van der Waals surface area contributed by atoms with Crippen LogP contribution in [0, 0.1) is 0 Å². The third-order valence-corrected chi connectivity index (χ3v) is 3.37. The molecule has 6 heteroatoms. The van der Waals surface area contributed by atoms with Crippen LogP contribution in [0.25, 0.3) is 0 Å². The molecule has 1 aromatic heterocycles. The van der Waals surface area contributed by atoms with E-state index in [1.165, 1.54) is 0 Å². The van der Waals surface area contributed by atoms with Crippen molar-refractivity contribution in [2.45, 2.75) is 53.3 Å². The van der Waals surface area contributed by atoms with Crippen molar-refractivity contribution in [3.63, 3.8) is 0 Å². The van der Waals surface area contributed by atoms with Crippen molar-refractivity contribution >= 4 is 17.4 Å². The Morgan fingerprint density at radius 3 is 2.48 bits per heavy atom. The normalized spacial score (nSPS) is 11.7. The van der Waals surface area contributed by atoms with E-state index in [2.05, 4.69) is 47.9 Å². The van der Waals surface area contributed by atoms with Crippen LogP contribution in [0.1, 0.15) is 40.4 Å². The lowest BCUT2D eigenvalue weighted by Crippen LogP contribution is -2.40. The lowest BCUT2D eigenvalue weighted by molar-refractivity contribution is 0.128. The third-order valence-electron chi connectivity index (χ3n) is 3.18. The second kappa shape index (κ2) is 9.18. The first-order valence-electron chi connectivity index (χ1n) is 7.54. The van der Waals surface area contributed by atoms with Gasteiger partial charge in [-0.05, 0) is 34.6 Å². The van der Waals surface area contributed by atoms with Crippen LogP contribution < -0.4 is 5.32 Å². The molecule has 0 unspecified atom stereocenters. The van der Waals surface area contributed by atoms with Gasteiger partial charge in [0.25, 0.3) is 0 Å². The van der Waals surface area contributed by atoms with Crippen molar-refractivity contribution in [1.82, 2.24) is 14.9 Å². The molecule has 0 aliphatic rings. The molecule has 0 radical (unpaired) electrons. The van der Waals surface area contributed by atoms with E-state index in [1.54, 1.807) is 6.07 Å². The van der Waals surface area contributed by atoms with E-state index < -0.39 is 0 Å². The van der Waals surface area contributed by atoms with Crippen LogP contribution in [-0.4, -0.2) is 46.6 Å². The summed E-state index contributed by atoms with van der Waals surface area (Å²) >= 11 is 6.01. The number of aromatic nitrogens is 2. The summed E-state index contributed by atoms with van der Waals surface area (Å²) in [6, 6.07) is 2.79. The first kappa shape index (κ1) is 18.1. The highest BCUT2D eigenvalue weighted by atomic mass is 35.5. The van der Waals surface area contributed by atoms with Gasteiger partial charge in [-0.1, -0.05) is 11.6 Å². The van der Waals surface area contributed by atoms with Gasteiger partial charge in [-0.25, -0.2) is 9.97 Å². The van der Waals surface area contributed by atoms with Crippen LogP contribution in [-0.2, 0) is 11.3 Å². The minimum absolute atomic E-state index is 0.385. The minimum Gasteiger partial charge on any atom is -0.374 e. The summed E-state index contributed by atoms with van der Waals surface area (Å²) in [5.41, 5.74) is 0.